The summed E-state index contributed by atoms with van der Waals surface area (Å²) < 4.78 is 5.03. The van der Waals surface area contributed by atoms with E-state index in [0.29, 0.717) is 37.0 Å². The van der Waals surface area contributed by atoms with E-state index in [9.17, 15) is 4.79 Å². The average molecular weight is 286 g/mol. The van der Waals surface area contributed by atoms with E-state index in [4.69, 9.17) is 16.3 Å². The second-order valence-corrected chi connectivity index (χ2v) is 5.14. The first-order valence-corrected chi connectivity index (χ1v) is 6.61. The molecule has 106 valence electrons. The van der Waals surface area contributed by atoms with Crippen molar-refractivity contribution in [3.05, 3.63) is 22.7 Å². The molecule has 0 spiro atoms. The predicted molar refractivity (Wildman–Crippen MR) is 74.4 cm³/mol. The van der Waals surface area contributed by atoms with Gasteiger partial charge in [0.05, 0.1) is 6.61 Å². The number of carbonyl (C=O) groups is 1. The van der Waals surface area contributed by atoms with Gasteiger partial charge in [-0.25, -0.2) is 9.97 Å². The lowest BCUT2D eigenvalue weighted by atomic mass is 10.2. The molecule has 0 N–H and O–H groups in total. The van der Waals surface area contributed by atoms with Gasteiger partial charge in [0.15, 0.2) is 0 Å². The summed E-state index contributed by atoms with van der Waals surface area (Å²) in [6.45, 7) is 7.59. The van der Waals surface area contributed by atoms with Gasteiger partial charge in [0, 0.05) is 25.9 Å². The van der Waals surface area contributed by atoms with Crippen LogP contribution < -0.4 is 0 Å². The zero-order valence-corrected chi connectivity index (χ0v) is 12.6. The molecule has 0 aromatic carbocycles. The fourth-order valence-electron chi connectivity index (χ4n) is 1.72. The highest BCUT2D eigenvalue weighted by atomic mass is 35.5. The maximum absolute atomic E-state index is 12.4. The minimum Gasteiger partial charge on any atom is -0.383 e. The molecule has 6 heteroatoms. The van der Waals surface area contributed by atoms with E-state index < -0.39 is 0 Å². The van der Waals surface area contributed by atoms with Crippen LogP contribution in [0, 0.1) is 12.8 Å². The number of rotatable bonds is 6. The number of amides is 1. The number of hydrogen-bond acceptors (Lipinski definition) is 4. The van der Waals surface area contributed by atoms with Gasteiger partial charge < -0.3 is 9.64 Å². The third kappa shape index (κ3) is 5.12. The fraction of sp³-hybridized carbons (Fsp3) is 0.615. The van der Waals surface area contributed by atoms with Crippen LogP contribution in [0.2, 0.25) is 5.28 Å². The SMILES string of the molecule is COCCN(CC(C)C)C(=O)c1cc(C)nc(Cl)n1. The van der Waals surface area contributed by atoms with Crippen molar-refractivity contribution in [2.24, 2.45) is 5.92 Å². The van der Waals surface area contributed by atoms with E-state index in [1.165, 1.54) is 0 Å². The number of aryl methyl sites for hydroxylation is 1. The summed E-state index contributed by atoms with van der Waals surface area (Å²) >= 11 is 5.79. The molecule has 0 radical (unpaired) electrons. The fourth-order valence-corrected chi connectivity index (χ4v) is 1.95. The Morgan fingerprint density at radius 2 is 2.16 bits per heavy atom. The monoisotopic (exact) mass is 285 g/mol. The van der Waals surface area contributed by atoms with Crippen molar-refractivity contribution in [1.82, 2.24) is 14.9 Å². The summed E-state index contributed by atoms with van der Waals surface area (Å²) in [5.74, 6) is 0.234. The zero-order chi connectivity index (χ0) is 14.4. The summed E-state index contributed by atoms with van der Waals surface area (Å²) in [4.78, 5) is 22.1. The van der Waals surface area contributed by atoms with E-state index in [1.807, 2.05) is 0 Å². The molecule has 1 amide bonds. The van der Waals surface area contributed by atoms with Crippen molar-refractivity contribution in [1.29, 1.82) is 0 Å². The summed E-state index contributed by atoms with van der Waals surface area (Å²) in [6, 6.07) is 1.65. The van der Waals surface area contributed by atoms with Crippen LogP contribution in [0.25, 0.3) is 0 Å². The van der Waals surface area contributed by atoms with Crippen LogP contribution in [0.1, 0.15) is 30.0 Å². The van der Waals surface area contributed by atoms with Gasteiger partial charge in [0.1, 0.15) is 5.69 Å². The summed E-state index contributed by atoms with van der Waals surface area (Å²) in [7, 11) is 1.61. The second kappa shape index (κ2) is 7.40. The van der Waals surface area contributed by atoms with Gasteiger partial charge in [-0.05, 0) is 30.5 Å². The first-order chi connectivity index (χ1) is 8.93. The molecule has 1 aromatic rings. The molecule has 0 aliphatic heterocycles. The Morgan fingerprint density at radius 1 is 1.47 bits per heavy atom. The van der Waals surface area contributed by atoms with Crippen molar-refractivity contribution in [2.75, 3.05) is 26.8 Å². The first kappa shape index (κ1) is 15.9. The van der Waals surface area contributed by atoms with Crippen LogP contribution in [-0.2, 0) is 4.74 Å². The van der Waals surface area contributed by atoms with Crippen LogP contribution in [0.5, 0.6) is 0 Å². The third-order valence-electron chi connectivity index (χ3n) is 2.48. The molecule has 5 nitrogen and oxygen atoms in total. The van der Waals surface area contributed by atoms with Crippen LogP contribution >= 0.6 is 11.6 Å². The lowest BCUT2D eigenvalue weighted by molar-refractivity contribution is 0.0666. The highest BCUT2D eigenvalue weighted by molar-refractivity contribution is 6.28. The molecule has 0 aliphatic carbocycles. The third-order valence-corrected chi connectivity index (χ3v) is 2.65. The number of carbonyl (C=O) groups excluding carboxylic acids is 1. The Bertz CT molecular complexity index is 418. The lowest BCUT2D eigenvalue weighted by Crippen LogP contribution is -2.37. The molecule has 1 heterocycles. The Balaban J connectivity index is 2.90. The molecule has 1 rings (SSSR count). The van der Waals surface area contributed by atoms with Crippen molar-refractivity contribution in [2.45, 2.75) is 20.8 Å². The Morgan fingerprint density at radius 3 is 2.68 bits per heavy atom. The molecule has 0 atom stereocenters. The van der Waals surface area contributed by atoms with E-state index in [2.05, 4.69) is 23.8 Å². The van der Waals surface area contributed by atoms with Gasteiger partial charge in [-0.15, -0.1) is 0 Å². The van der Waals surface area contributed by atoms with Gasteiger partial charge in [-0.2, -0.15) is 0 Å². The smallest absolute Gasteiger partial charge is 0.272 e. The first-order valence-electron chi connectivity index (χ1n) is 6.23. The molecular weight excluding hydrogens is 266 g/mol. The van der Waals surface area contributed by atoms with Crippen molar-refractivity contribution in [3.8, 4) is 0 Å². The molecule has 1 aromatic heterocycles. The number of halogens is 1. The normalized spacial score (nSPS) is 10.8. The number of methoxy groups -OCH3 is 1. The Kier molecular flexibility index (Phi) is 6.18. The van der Waals surface area contributed by atoms with Gasteiger partial charge in [0.25, 0.3) is 5.91 Å². The minimum atomic E-state index is -0.141. The zero-order valence-electron chi connectivity index (χ0n) is 11.8. The second-order valence-electron chi connectivity index (χ2n) is 4.80. The van der Waals surface area contributed by atoms with Crippen LogP contribution in [0.4, 0.5) is 0 Å². The molecule has 0 aliphatic rings. The summed E-state index contributed by atoms with van der Waals surface area (Å²) in [5.41, 5.74) is 1.01. The number of nitrogens with zero attached hydrogens (tertiary/aromatic N) is 3. The van der Waals surface area contributed by atoms with Gasteiger partial charge in [0.2, 0.25) is 5.28 Å². The van der Waals surface area contributed by atoms with Gasteiger partial charge in [-0.1, -0.05) is 13.8 Å². The highest BCUT2D eigenvalue weighted by Crippen LogP contribution is 2.10. The van der Waals surface area contributed by atoms with Crippen LogP contribution in [0.15, 0.2) is 6.07 Å². The van der Waals surface area contributed by atoms with E-state index in [1.54, 1.807) is 25.0 Å². The number of aromatic nitrogens is 2. The van der Waals surface area contributed by atoms with Gasteiger partial charge >= 0.3 is 0 Å². The van der Waals surface area contributed by atoms with E-state index in [0.717, 1.165) is 0 Å². The average Bonchev–Trinajstić information content (AvgIpc) is 2.32. The van der Waals surface area contributed by atoms with Gasteiger partial charge in [-0.3, -0.25) is 4.79 Å². The van der Waals surface area contributed by atoms with Crippen LogP contribution in [0.3, 0.4) is 0 Å². The topological polar surface area (TPSA) is 55.3 Å². The van der Waals surface area contributed by atoms with E-state index >= 15 is 0 Å². The number of hydrogen-bond donors (Lipinski definition) is 0. The standard InChI is InChI=1S/C13H20ClN3O2/c1-9(2)8-17(5-6-19-4)12(18)11-7-10(3)15-13(14)16-11/h7,9H,5-6,8H2,1-4H3. The van der Waals surface area contributed by atoms with Crippen molar-refractivity contribution < 1.29 is 9.53 Å². The lowest BCUT2D eigenvalue weighted by Gasteiger charge is -2.24. The molecule has 19 heavy (non-hydrogen) atoms. The molecular formula is C13H20ClN3O2. The number of ether oxygens (including phenoxy) is 1. The molecule has 0 bridgehead atoms. The summed E-state index contributed by atoms with van der Waals surface area (Å²) in [6.07, 6.45) is 0. The van der Waals surface area contributed by atoms with Crippen molar-refractivity contribution in [3.63, 3.8) is 0 Å². The van der Waals surface area contributed by atoms with Crippen LogP contribution in [-0.4, -0.2) is 47.6 Å². The maximum Gasteiger partial charge on any atom is 0.272 e. The maximum atomic E-state index is 12.4. The molecule has 0 saturated carbocycles. The van der Waals surface area contributed by atoms with Crippen molar-refractivity contribution >= 4 is 17.5 Å². The summed E-state index contributed by atoms with van der Waals surface area (Å²) in [5, 5.41) is 0.0968. The minimum absolute atomic E-state index is 0.0968. The highest BCUT2D eigenvalue weighted by Gasteiger charge is 2.19. The Labute approximate surface area is 118 Å². The molecule has 0 fully saturated rings. The molecule has 0 saturated heterocycles. The largest absolute Gasteiger partial charge is 0.383 e. The predicted octanol–water partition coefficient (Wildman–Crippen LogP) is 2.18. The molecule has 0 unspecified atom stereocenters. The van der Waals surface area contributed by atoms with E-state index in [-0.39, 0.29) is 11.2 Å². The Hall–Kier alpha value is -1.20. The quantitative estimate of drug-likeness (QED) is 0.752.